The van der Waals surface area contributed by atoms with Crippen molar-refractivity contribution in [3.63, 3.8) is 0 Å². The van der Waals surface area contributed by atoms with Crippen molar-refractivity contribution in [3.05, 3.63) is 35.6 Å². The largest absolute Gasteiger partial charge is 0.454 e. The Morgan fingerprint density at radius 3 is 2.43 bits per heavy atom. The van der Waals surface area contributed by atoms with E-state index in [0.717, 1.165) is 18.9 Å². The number of ether oxygens (including phenoxy) is 1. The Hall–Kier alpha value is -2.44. The lowest BCUT2D eigenvalue weighted by atomic mass is 10.2. The Kier molecular flexibility index (Phi) is 7.73. The van der Waals surface area contributed by atoms with Crippen LogP contribution in [0.5, 0.6) is 0 Å². The molecule has 1 rings (SSSR count). The fraction of sp³-hybridized carbons (Fsp3) is 0.438. The van der Waals surface area contributed by atoms with Gasteiger partial charge in [0, 0.05) is 6.04 Å². The summed E-state index contributed by atoms with van der Waals surface area (Å²) >= 11 is 0. The molecule has 126 valence electrons. The summed E-state index contributed by atoms with van der Waals surface area (Å²) in [5.41, 5.74) is -0.160. The highest BCUT2D eigenvalue weighted by Crippen LogP contribution is 2.05. The molecule has 0 radical (unpaired) electrons. The summed E-state index contributed by atoms with van der Waals surface area (Å²) in [5.74, 6) is -2.56. The number of hydrogen-bond donors (Lipinski definition) is 2. The van der Waals surface area contributed by atoms with Gasteiger partial charge >= 0.3 is 5.97 Å². The highest BCUT2D eigenvalue weighted by molar-refractivity contribution is 5.96. The Labute approximate surface area is 134 Å². The van der Waals surface area contributed by atoms with Crippen LogP contribution >= 0.6 is 0 Å². The molecule has 0 fully saturated rings. The second-order valence-corrected chi connectivity index (χ2v) is 4.90. The number of esters is 1. The molecule has 6 nitrogen and oxygen atoms in total. The third kappa shape index (κ3) is 6.46. The highest BCUT2D eigenvalue weighted by Gasteiger charge is 2.14. The van der Waals surface area contributed by atoms with Gasteiger partial charge in [-0.3, -0.25) is 14.4 Å². The predicted octanol–water partition coefficient (Wildman–Crippen LogP) is 1.40. The van der Waals surface area contributed by atoms with Crippen LogP contribution in [0.1, 0.15) is 37.0 Å². The van der Waals surface area contributed by atoms with E-state index >= 15 is 0 Å². The molecule has 0 aliphatic rings. The summed E-state index contributed by atoms with van der Waals surface area (Å²) in [5, 5.41) is 4.96. The van der Waals surface area contributed by atoms with E-state index in [1.807, 2.05) is 13.8 Å². The number of rotatable bonds is 8. The lowest BCUT2D eigenvalue weighted by molar-refractivity contribution is -0.147. The first-order valence-electron chi connectivity index (χ1n) is 7.45. The maximum Gasteiger partial charge on any atom is 0.325 e. The number of nitrogens with one attached hydrogen (secondary N) is 2. The molecule has 0 bridgehead atoms. The zero-order valence-corrected chi connectivity index (χ0v) is 13.2. The molecule has 0 atom stereocenters. The van der Waals surface area contributed by atoms with Crippen molar-refractivity contribution in [3.8, 4) is 0 Å². The van der Waals surface area contributed by atoms with Crippen molar-refractivity contribution in [1.29, 1.82) is 0 Å². The zero-order valence-electron chi connectivity index (χ0n) is 13.2. The molecule has 0 saturated heterocycles. The first kappa shape index (κ1) is 18.6. The SMILES string of the molecule is CCC(CC)NC(=O)COC(=O)CNC(=O)c1ccccc1F. The maximum atomic E-state index is 13.4. The van der Waals surface area contributed by atoms with Crippen LogP contribution in [0.4, 0.5) is 4.39 Å². The molecule has 1 aromatic rings. The molecule has 23 heavy (non-hydrogen) atoms. The monoisotopic (exact) mass is 324 g/mol. The van der Waals surface area contributed by atoms with E-state index in [4.69, 9.17) is 4.74 Å². The van der Waals surface area contributed by atoms with Crippen LogP contribution in [-0.2, 0) is 14.3 Å². The Morgan fingerprint density at radius 2 is 1.83 bits per heavy atom. The van der Waals surface area contributed by atoms with E-state index in [1.54, 1.807) is 0 Å². The Balaban J connectivity index is 2.33. The molecular weight excluding hydrogens is 303 g/mol. The minimum Gasteiger partial charge on any atom is -0.454 e. The van der Waals surface area contributed by atoms with Crippen molar-refractivity contribution < 1.29 is 23.5 Å². The molecular formula is C16H21FN2O4. The molecule has 0 unspecified atom stereocenters. The average Bonchev–Trinajstić information content (AvgIpc) is 2.56. The number of carbonyl (C=O) groups is 3. The summed E-state index contributed by atoms with van der Waals surface area (Å²) in [6.45, 7) is 3.04. The van der Waals surface area contributed by atoms with Gasteiger partial charge in [0.25, 0.3) is 11.8 Å². The Bertz CT molecular complexity index is 559. The molecule has 0 aromatic heterocycles. The molecule has 2 amide bonds. The number of amides is 2. The zero-order chi connectivity index (χ0) is 17.2. The molecule has 1 aromatic carbocycles. The lowest BCUT2D eigenvalue weighted by Gasteiger charge is -2.14. The topological polar surface area (TPSA) is 84.5 Å². The van der Waals surface area contributed by atoms with Crippen molar-refractivity contribution >= 4 is 17.8 Å². The predicted molar refractivity (Wildman–Crippen MR) is 82.2 cm³/mol. The van der Waals surface area contributed by atoms with Crippen molar-refractivity contribution in [1.82, 2.24) is 10.6 Å². The fourth-order valence-electron chi connectivity index (χ4n) is 1.85. The smallest absolute Gasteiger partial charge is 0.325 e. The second-order valence-electron chi connectivity index (χ2n) is 4.90. The van der Waals surface area contributed by atoms with E-state index in [9.17, 15) is 18.8 Å². The van der Waals surface area contributed by atoms with Crippen LogP contribution in [0.25, 0.3) is 0 Å². The van der Waals surface area contributed by atoms with Gasteiger partial charge in [-0.1, -0.05) is 26.0 Å². The van der Waals surface area contributed by atoms with Gasteiger partial charge in [0.05, 0.1) is 5.56 Å². The quantitative estimate of drug-likeness (QED) is 0.708. The summed E-state index contributed by atoms with van der Waals surface area (Å²) in [7, 11) is 0. The molecule has 7 heteroatoms. The van der Waals surface area contributed by atoms with Crippen LogP contribution < -0.4 is 10.6 Å². The maximum absolute atomic E-state index is 13.4. The third-order valence-corrected chi connectivity index (χ3v) is 3.23. The molecule has 0 aliphatic carbocycles. The highest BCUT2D eigenvalue weighted by atomic mass is 19.1. The van der Waals surface area contributed by atoms with Gasteiger partial charge in [0.15, 0.2) is 6.61 Å². The van der Waals surface area contributed by atoms with Crippen LogP contribution in [0.15, 0.2) is 24.3 Å². The fourth-order valence-corrected chi connectivity index (χ4v) is 1.85. The lowest BCUT2D eigenvalue weighted by Crippen LogP contribution is -2.38. The first-order chi connectivity index (χ1) is 11.0. The molecule has 0 saturated carbocycles. The van der Waals surface area contributed by atoms with Crippen molar-refractivity contribution in [2.45, 2.75) is 32.7 Å². The number of benzene rings is 1. The van der Waals surface area contributed by atoms with E-state index in [1.165, 1.54) is 18.2 Å². The number of hydrogen-bond acceptors (Lipinski definition) is 4. The minimum atomic E-state index is -0.769. The third-order valence-electron chi connectivity index (χ3n) is 3.23. The number of carbonyl (C=O) groups excluding carboxylic acids is 3. The van der Waals surface area contributed by atoms with Crippen molar-refractivity contribution in [2.75, 3.05) is 13.2 Å². The Morgan fingerprint density at radius 1 is 1.17 bits per heavy atom. The molecule has 2 N–H and O–H groups in total. The van der Waals surface area contributed by atoms with E-state index in [2.05, 4.69) is 10.6 Å². The van der Waals surface area contributed by atoms with Crippen LogP contribution in [0, 0.1) is 5.82 Å². The van der Waals surface area contributed by atoms with Crippen molar-refractivity contribution in [2.24, 2.45) is 0 Å². The summed E-state index contributed by atoms with van der Waals surface area (Å²) in [4.78, 5) is 34.7. The normalized spacial score (nSPS) is 10.3. The van der Waals surface area contributed by atoms with E-state index in [-0.39, 0.29) is 11.6 Å². The van der Waals surface area contributed by atoms with Gasteiger partial charge in [-0.15, -0.1) is 0 Å². The van der Waals surface area contributed by atoms with Gasteiger partial charge in [-0.2, -0.15) is 0 Å². The molecule has 0 aliphatic heterocycles. The van der Waals surface area contributed by atoms with Gasteiger partial charge < -0.3 is 15.4 Å². The van der Waals surface area contributed by atoms with E-state index < -0.39 is 36.8 Å². The van der Waals surface area contributed by atoms with Crippen LogP contribution in [0.3, 0.4) is 0 Å². The summed E-state index contributed by atoms with van der Waals surface area (Å²) in [6.07, 6.45) is 1.57. The van der Waals surface area contributed by atoms with E-state index in [0.29, 0.717) is 0 Å². The second kappa shape index (κ2) is 9.55. The number of halogens is 1. The van der Waals surface area contributed by atoms with Gasteiger partial charge in [0.2, 0.25) is 0 Å². The van der Waals surface area contributed by atoms with Gasteiger partial charge in [-0.25, -0.2) is 4.39 Å². The standard InChI is InChI=1S/C16H21FN2O4/c1-3-11(4-2)19-14(20)10-23-15(21)9-18-16(22)12-7-5-6-8-13(12)17/h5-8,11H,3-4,9-10H2,1-2H3,(H,18,22)(H,19,20). The van der Waals surface area contributed by atoms with Gasteiger partial charge in [-0.05, 0) is 25.0 Å². The van der Waals surface area contributed by atoms with Crippen LogP contribution in [-0.4, -0.2) is 37.0 Å². The average molecular weight is 324 g/mol. The van der Waals surface area contributed by atoms with Gasteiger partial charge in [0.1, 0.15) is 12.4 Å². The summed E-state index contributed by atoms with van der Waals surface area (Å²) < 4.78 is 18.1. The molecule has 0 spiro atoms. The van der Waals surface area contributed by atoms with Crippen LogP contribution in [0.2, 0.25) is 0 Å². The first-order valence-corrected chi connectivity index (χ1v) is 7.45. The summed E-state index contributed by atoms with van der Waals surface area (Å²) in [6, 6.07) is 5.47. The minimum absolute atomic E-state index is 0.0435. The molecule has 0 heterocycles.